The molecular formula is C18H17N5OS2. The van der Waals surface area contributed by atoms with E-state index in [1.54, 1.807) is 18.4 Å². The second kappa shape index (κ2) is 6.54. The summed E-state index contributed by atoms with van der Waals surface area (Å²) < 4.78 is 2.09. The number of thiophene rings is 1. The van der Waals surface area contributed by atoms with Gasteiger partial charge in [-0.2, -0.15) is 0 Å². The normalized spacial score (nSPS) is 11.0. The van der Waals surface area contributed by atoms with Crippen LogP contribution in [0.2, 0.25) is 0 Å². The third-order valence-electron chi connectivity index (χ3n) is 4.00. The van der Waals surface area contributed by atoms with Crippen molar-refractivity contribution in [2.24, 2.45) is 0 Å². The van der Waals surface area contributed by atoms with Gasteiger partial charge in [-0.05, 0) is 38.1 Å². The Bertz CT molecular complexity index is 1110. The molecule has 1 amide bonds. The molecule has 26 heavy (non-hydrogen) atoms. The van der Waals surface area contributed by atoms with Crippen LogP contribution in [0.4, 0.5) is 10.1 Å². The van der Waals surface area contributed by atoms with Gasteiger partial charge in [0.2, 0.25) is 0 Å². The largest absolute Gasteiger partial charge is 0.354 e. The number of thiazole rings is 1. The van der Waals surface area contributed by atoms with Crippen molar-refractivity contribution in [1.82, 2.24) is 19.7 Å². The number of rotatable bonds is 4. The van der Waals surface area contributed by atoms with Crippen LogP contribution in [0, 0.1) is 13.8 Å². The van der Waals surface area contributed by atoms with Crippen LogP contribution in [0.15, 0.2) is 36.5 Å². The van der Waals surface area contributed by atoms with Crippen molar-refractivity contribution in [1.29, 1.82) is 0 Å². The first-order valence-corrected chi connectivity index (χ1v) is 9.70. The lowest BCUT2D eigenvalue weighted by molar-refractivity contribution is 0.0967. The van der Waals surface area contributed by atoms with E-state index >= 15 is 0 Å². The standard InChI is InChI=1S/C18H17N5OS2/c1-10-15(23-9-5-4-6-13(23)20-10)16-11(2)21-18(26-16)22-14-8-7-12(25-14)17(24)19-3/h4-9H,1-3H3,(H,19,24)(H,21,22). The molecule has 0 atom stereocenters. The van der Waals surface area contributed by atoms with E-state index in [-0.39, 0.29) is 5.91 Å². The van der Waals surface area contributed by atoms with E-state index in [2.05, 4.69) is 25.0 Å². The zero-order valence-corrected chi connectivity index (χ0v) is 16.2. The maximum Gasteiger partial charge on any atom is 0.261 e. The summed E-state index contributed by atoms with van der Waals surface area (Å²) in [7, 11) is 1.63. The fourth-order valence-corrected chi connectivity index (χ4v) is 4.80. The average Bonchev–Trinajstić information content (AvgIpc) is 3.31. The van der Waals surface area contributed by atoms with Crippen molar-refractivity contribution >= 4 is 44.4 Å². The Morgan fingerprint density at radius 1 is 1.08 bits per heavy atom. The Labute approximate surface area is 158 Å². The number of nitrogens with zero attached hydrogens (tertiary/aromatic N) is 3. The minimum absolute atomic E-state index is 0.0830. The summed E-state index contributed by atoms with van der Waals surface area (Å²) in [6, 6.07) is 9.68. The maximum atomic E-state index is 11.7. The van der Waals surface area contributed by atoms with Crippen molar-refractivity contribution < 1.29 is 4.79 Å². The number of carbonyl (C=O) groups excluding carboxylic acids is 1. The van der Waals surface area contributed by atoms with Crippen LogP contribution < -0.4 is 10.6 Å². The SMILES string of the molecule is CNC(=O)c1ccc(Nc2nc(C)c(-c3c(C)nc4ccccn34)s2)s1. The summed E-state index contributed by atoms with van der Waals surface area (Å²) in [6.45, 7) is 4.02. The molecule has 0 aromatic carbocycles. The third kappa shape index (κ3) is 2.87. The molecular weight excluding hydrogens is 366 g/mol. The van der Waals surface area contributed by atoms with Crippen molar-refractivity contribution in [2.45, 2.75) is 13.8 Å². The van der Waals surface area contributed by atoms with Gasteiger partial charge in [-0.1, -0.05) is 17.4 Å². The molecule has 132 valence electrons. The monoisotopic (exact) mass is 383 g/mol. The number of imidazole rings is 1. The molecule has 0 aliphatic carbocycles. The van der Waals surface area contributed by atoms with Crippen molar-refractivity contribution in [3.8, 4) is 10.6 Å². The molecule has 6 nitrogen and oxygen atoms in total. The van der Waals surface area contributed by atoms with Crippen molar-refractivity contribution in [2.75, 3.05) is 12.4 Å². The predicted octanol–water partition coefficient (Wildman–Crippen LogP) is 4.24. The molecule has 0 saturated heterocycles. The lowest BCUT2D eigenvalue weighted by atomic mass is 10.2. The van der Waals surface area contributed by atoms with Gasteiger partial charge in [0, 0.05) is 13.2 Å². The van der Waals surface area contributed by atoms with E-state index in [1.165, 1.54) is 11.3 Å². The summed E-state index contributed by atoms with van der Waals surface area (Å²) in [4.78, 5) is 22.8. The van der Waals surface area contributed by atoms with Crippen LogP contribution in [0.25, 0.3) is 16.2 Å². The van der Waals surface area contributed by atoms with Crippen LogP contribution in [0.1, 0.15) is 21.1 Å². The van der Waals surface area contributed by atoms with E-state index in [4.69, 9.17) is 0 Å². The number of anilines is 2. The third-order valence-corrected chi connectivity index (χ3v) is 6.08. The minimum Gasteiger partial charge on any atom is -0.354 e. The zero-order chi connectivity index (χ0) is 18.3. The molecule has 0 saturated carbocycles. The van der Waals surface area contributed by atoms with Crippen LogP contribution in [0.3, 0.4) is 0 Å². The first kappa shape index (κ1) is 16.7. The van der Waals surface area contributed by atoms with Crippen LogP contribution in [-0.2, 0) is 0 Å². The molecule has 4 rings (SSSR count). The molecule has 4 aromatic rings. The molecule has 0 bridgehead atoms. The minimum atomic E-state index is -0.0830. The molecule has 0 fully saturated rings. The van der Waals surface area contributed by atoms with Crippen molar-refractivity contribution in [3.63, 3.8) is 0 Å². The van der Waals surface area contributed by atoms with E-state index in [0.717, 1.165) is 37.7 Å². The van der Waals surface area contributed by atoms with Crippen LogP contribution >= 0.6 is 22.7 Å². The lowest BCUT2D eigenvalue weighted by Crippen LogP contribution is -2.15. The number of aromatic nitrogens is 3. The van der Waals surface area contributed by atoms with Gasteiger partial charge in [0.25, 0.3) is 5.91 Å². The predicted molar refractivity (Wildman–Crippen MR) is 107 cm³/mol. The second-order valence-electron chi connectivity index (χ2n) is 5.78. The number of amides is 1. The average molecular weight is 384 g/mol. The number of pyridine rings is 1. The van der Waals surface area contributed by atoms with Gasteiger partial charge in [-0.15, -0.1) is 11.3 Å². The topological polar surface area (TPSA) is 71.3 Å². The van der Waals surface area contributed by atoms with Crippen LogP contribution in [0.5, 0.6) is 0 Å². The van der Waals surface area contributed by atoms with Gasteiger partial charge in [-0.25, -0.2) is 9.97 Å². The van der Waals surface area contributed by atoms with Crippen molar-refractivity contribution in [3.05, 3.63) is 52.8 Å². The molecule has 0 radical (unpaired) electrons. The Balaban J connectivity index is 1.68. The Morgan fingerprint density at radius 3 is 2.73 bits per heavy atom. The molecule has 4 aromatic heterocycles. The summed E-state index contributed by atoms with van der Waals surface area (Å²) in [6.07, 6.45) is 2.02. The highest BCUT2D eigenvalue weighted by molar-refractivity contribution is 7.20. The smallest absolute Gasteiger partial charge is 0.261 e. The molecule has 0 spiro atoms. The highest BCUT2D eigenvalue weighted by atomic mass is 32.1. The van der Waals surface area contributed by atoms with Gasteiger partial charge < -0.3 is 10.6 Å². The first-order valence-electron chi connectivity index (χ1n) is 8.07. The quantitative estimate of drug-likeness (QED) is 0.553. The van der Waals surface area contributed by atoms with Gasteiger partial charge in [-0.3, -0.25) is 9.20 Å². The number of nitrogens with one attached hydrogen (secondary N) is 2. The summed E-state index contributed by atoms with van der Waals surface area (Å²) >= 11 is 2.99. The molecule has 4 heterocycles. The van der Waals surface area contributed by atoms with Gasteiger partial charge in [0.05, 0.1) is 31.8 Å². The number of carbonyl (C=O) groups is 1. The summed E-state index contributed by atoms with van der Waals surface area (Å²) in [5, 5.41) is 7.63. The molecule has 8 heteroatoms. The molecule has 0 aliphatic rings. The van der Waals surface area contributed by atoms with E-state index < -0.39 is 0 Å². The molecule has 0 aliphatic heterocycles. The van der Waals surface area contributed by atoms with Gasteiger partial charge in [0.15, 0.2) is 5.13 Å². The number of aryl methyl sites for hydroxylation is 2. The van der Waals surface area contributed by atoms with Gasteiger partial charge in [0.1, 0.15) is 5.65 Å². The fraction of sp³-hybridized carbons (Fsp3) is 0.167. The second-order valence-corrected chi connectivity index (χ2v) is 7.86. The molecule has 2 N–H and O–H groups in total. The van der Waals surface area contributed by atoms with E-state index in [1.807, 2.05) is 50.4 Å². The maximum absolute atomic E-state index is 11.7. The summed E-state index contributed by atoms with van der Waals surface area (Å²) in [5.74, 6) is -0.0830. The number of hydrogen-bond donors (Lipinski definition) is 2. The summed E-state index contributed by atoms with van der Waals surface area (Å²) in [5.41, 5.74) is 3.93. The zero-order valence-electron chi connectivity index (χ0n) is 14.5. The van der Waals surface area contributed by atoms with E-state index in [9.17, 15) is 4.79 Å². The fourth-order valence-electron chi connectivity index (χ4n) is 2.81. The Kier molecular flexibility index (Phi) is 4.21. The molecule has 0 unspecified atom stereocenters. The highest BCUT2D eigenvalue weighted by Gasteiger charge is 2.17. The number of hydrogen-bond acceptors (Lipinski definition) is 6. The number of fused-ring (bicyclic) bond motifs is 1. The Hall–Kier alpha value is -2.71. The lowest BCUT2D eigenvalue weighted by Gasteiger charge is -2.00. The van der Waals surface area contributed by atoms with E-state index in [0.29, 0.717) is 4.88 Å². The first-order chi connectivity index (χ1) is 12.6. The highest BCUT2D eigenvalue weighted by Crippen LogP contribution is 2.37. The van der Waals surface area contributed by atoms with Gasteiger partial charge >= 0.3 is 0 Å². The Morgan fingerprint density at radius 2 is 1.92 bits per heavy atom. The van der Waals surface area contributed by atoms with Crippen LogP contribution in [-0.4, -0.2) is 27.3 Å².